The summed E-state index contributed by atoms with van der Waals surface area (Å²) in [4.78, 5) is 0. The molecule has 1 rings (SSSR count). The first kappa shape index (κ1) is 8.74. The van der Waals surface area contributed by atoms with Crippen LogP contribution in [0, 0.1) is 0 Å². The van der Waals surface area contributed by atoms with Gasteiger partial charge in [-0.3, -0.25) is 0 Å². The van der Waals surface area contributed by atoms with Crippen LogP contribution in [0.5, 0.6) is 0 Å². The maximum atomic E-state index is 2.78. The maximum Gasteiger partial charge on any atom is -0.0187 e. The molecule has 0 nitrogen and oxygen atoms in total. The molecule has 0 bridgehead atoms. The average Bonchev–Trinajstić information content (AvgIpc) is 2.04. The molecule has 1 heteroatoms. The van der Waals surface area contributed by atoms with Gasteiger partial charge in [0.25, 0.3) is 0 Å². The fourth-order valence-electron chi connectivity index (χ4n) is 1.18. The first-order valence-electron chi connectivity index (χ1n) is 4.10. The van der Waals surface area contributed by atoms with Crippen LogP contribution < -0.4 is 5.30 Å². The second-order valence-electron chi connectivity index (χ2n) is 2.94. The predicted octanol–water partition coefficient (Wildman–Crippen LogP) is 2.70. The first-order chi connectivity index (χ1) is 5.25. The summed E-state index contributed by atoms with van der Waals surface area (Å²) in [6.45, 7) is 4.49. The largest absolute Gasteiger partial charge is 0.105 e. The monoisotopic (exact) mass is 166 g/mol. The van der Waals surface area contributed by atoms with Gasteiger partial charge in [0.05, 0.1) is 0 Å². The quantitative estimate of drug-likeness (QED) is 0.592. The second-order valence-corrected chi connectivity index (χ2v) is 3.56. The normalized spacial score (nSPS) is 13.0. The van der Waals surface area contributed by atoms with E-state index in [2.05, 4.69) is 47.4 Å². The Bertz CT molecular complexity index is 230. The summed E-state index contributed by atoms with van der Waals surface area (Å²) in [5.74, 6) is 0.684. The van der Waals surface area contributed by atoms with Crippen LogP contribution >= 0.6 is 9.24 Å². The van der Waals surface area contributed by atoms with E-state index in [1.165, 1.54) is 17.3 Å². The van der Waals surface area contributed by atoms with Crippen LogP contribution in [-0.4, -0.2) is 0 Å². The summed E-state index contributed by atoms with van der Waals surface area (Å²) in [5.41, 5.74) is 1.46. The third-order valence-electron chi connectivity index (χ3n) is 2.14. The maximum absolute atomic E-state index is 2.78. The van der Waals surface area contributed by atoms with Gasteiger partial charge in [-0.1, -0.05) is 38.1 Å². The molecule has 0 amide bonds. The van der Waals surface area contributed by atoms with Crippen molar-refractivity contribution in [3.05, 3.63) is 29.8 Å². The highest BCUT2D eigenvalue weighted by atomic mass is 31.0. The summed E-state index contributed by atoms with van der Waals surface area (Å²) >= 11 is 0. The molecule has 60 valence electrons. The van der Waals surface area contributed by atoms with Crippen molar-refractivity contribution in [2.75, 3.05) is 0 Å². The summed E-state index contributed by atoms with van der Waals surface area (Å²) in [6.07, 6.45) is 1.21. The summed E-state index contributed by atoms with van der Waals surface area (Å²) in [5, 5.41) is 1.34. The fraction of sp³-hybridized carbons (Fsp3) is 0.400. The third-order valence-corrected chi connectivity index (χ3v) is 2.67. The van der Waals surface area contributed by atoms with Gasteiger partial charge in [0.15, 0.2) is 0 Å². The highest BCUT2D eigenvalue weighted by Gasteiger charge is 2.03. The lowest BCUT2D eigenvalue weighted by Crippen LogP contribution is -2.03. The minimum Gasteiger partial charge on any atom is -0.105 e. The summed E-state index contributed by atoms with van der Waals surface area (Å²) in [6, 6.07) is 8.53. The Morgan fingerprint density at radius 2 is 2.00 bits per heavy atom. The second kappa shape index (κ2) is 3.88. The van der Waals surface area contributed by atoms with E-state index in [4.69, 9.17) is 0 Å². The van der Waals surface area contributed by atoms with Crippen molar-refractivity contribution < 1.29 is 0 Å². The van der Waals surface area contributed by atoms with Gasteiger partial charge < -0.3 is 0 Å². The van der Waals surface area contributed by atoms with Gasteiger partial charge in [-0.15, -0.1) is 9.24 Å². The van der Waals surface area contributed by atoms with Crippen LogP contribution in [0.2, 0.25) is 0 Å². The molecule has 1 aromatic rings. The number of benzene rings is 1. The van der Waals surface area contributed by atoms with Gasteiger partial charge in [-0.25, -0.2) is 0 Å². The Hall–Kier alpha value is -0.350. The molecule has 0 aliphatic carbocycles. The molecule has 0 saturated carbocycles. The van der Waals surface area contributed by atoms with E-state index in [0.29, 0.717) is 5.92 Å². The Labute approximate surface area is 71.2 Å². The Morgan fingerprint density at radius 1 is 1.36 bits per heavy atom. The highest BCUT2D eigenvalue weighted by molar-refractivity contribution is 7.27. The molecule has 0 saturated heterocycles. The van der Waals surface area contributed by atoms with Crippen molar-refractivity contribution in [1.29, 1.82) is 0 Å². The van der Waals surface area contributed by atoms with Crippen LogP contribution in [0.4, 0.5) is 0 Å². The van der Waals surface area contributed by atoms with Crippen LogP contribution in [0.3, 0.4) is 0 Å². The fourth-order valence-corrected chi connectivity index (χ4v) is 1.67. The van der Waals surface area contributed by atoms with E-state index < -0.39 is 0 Å². The molecule has 0 fully saturated rings. The number of hydrogen-bond acceptors (Lipinski definition) is 0. The molecular formula is C10H15P. The molecule has 2 unspecified atom stereocenters. The van der Waals surface area contributed by atoms with E-state index in [-0.39, 0.29) is 0 Å². The van der Waals surface area contributed by atoms with Crippen LogP contribution in [0.1, 0.15) is 31.7 Å². The van der Waals surface area contributed by atoms with E-state index in [1.54, 1.807) is 0 Å². The van der Waals surface area contributed by atoms with E-state index >= 15 is 0 Å². The molecule has 0 spiro atoms. The summed E-state index contributed by atoms with van der Waals surface area (Å²) in [7, 11) is 2.78. The van der Waals surface area contributed by atoms with Gasteiger partial charge in [0.2, 0.25) is 0 Å². The smallest absolute Gasteiger partial charge is 0.0187 e. The van der Waals surface area contributed by atoms with Crippen molar-refractivity contribution >= 4 is 14.5 Å². The zero-order chi connectivity index (χ0) is 8.27. The van der Waals surface area contributed by atoms with E-state index in [1.807, 2.05) is 0 Å². The van der Waals surface area contributed by atoms with Gasteiger partial charge in [-0.05, 0) is 23.2 Å². The zero-order valence-electron chi connectivity index (χ0n) is 7.17. The zero-order valence-corrected chi connectivity index (χ0v) is 8.33. The van der Waals surface area contributed by atoms with Crippen LogP contribution in [-0.2, 0) is 0 Å². The lowest BCUT2D eigenvalue weighted by molar-refractivity contribution is 0.738. The Balaban J connectivity index is 2.93. The average molecular weight is 166 g/mol. The van der Waals surface area contributed by atoms with Gasteiger partial charge in [0, 0.05) is 0 Å². The molecule has 0 aliphatic rings. The van der Waals surface area contributed by atoms with E-state index in [0.717, 1.165) is 0 Å². The molecule has 0 aliphatic heterocycles. The van der Waals surface area contributed by atoms with Crippen molar-refractivity contribution in [3.63, 3.8) is 0 Å². The van der Waals surface area contributed by atoms with Crippen LogP contribution in [0.15, 0.2) is 24.3 Å². The molecule has 0 heterocycles. The molecular weight excluding hydrogens is 151 g/mol. The highest BCUT2D eigenvalue weighted by Crippen LogP contribution is 2.17. The van der Waals surface area contributed by atoms with E-state index in [9.17, 15) is 0 Å². The molecule has 0 aromatic heterocycles. The van der Waals surface area contributed by atoms with Gasteiger partial charge in [0.1, 0.15) is 0 Å². The molecule has 2 atom stereocenters. The first-order valence-corrected chi connectivity index (χ1v) is 4.67. The molecule has 0 N–H and O–H groups in total. The van der Waals surface area contributed by atoms with Gasteiger partial charge >= 0.3 is 0 Å². The van der Waals surface area contributed by atoms with Crippen molar-refractivity contribution in [1.82, 2.24) is 0 Å². The minimum absolute atomic E-state index is 0.684. The standard InChI is InChI=1S/C10H15P/c1-3-8(2)9-6-4-5-7-10(9)11/h4-8H,3,11H2,1-2H3. The van der Waals surface area contributed by atoms with Gasteiger partial charge in [-0.2, -0.15) is 0 Å². The Kier molecular flexibility index (Phi) is 3.08. The lowest BCUT2D eigenvalue weighted by atomic mass is 9.99. The van der Waals surface area contributed by atoms with Crippen molar-refractivity contribution in [2.45, 2.75) is 26.2 Å². The molecule has 0 radical (unpaired) electrons. The summed E-state index contributed by atoms with van der Waals surface area (Å²) < 4.78 is 0. The Morgan fingerprint density at radius 3 is 2.55 bits per heavy atom. The van der Waals surface area contributed by atoms with Crippen molar-refractivity contribution in [2.24, 2.45) is 0 Å². The van der Waals surface area contributed by atoms with Crippen molar-refractivity contribution in [3.8, 4) is 0 Å². The number of hydrogen-bond donors (Lipinski definition) is 0. The predicted molar refractivity (Wildman–Crippen MR) is 54.5 cm³/mol. The number of rotatable bonds is 2. The minimum atomic E-state index is 0.684. The van der Waals surface area contributed by atoms with Crippen LogP contribution in [0.25, 0.3) is 0 Å². The molecule has 11 heavy (non-hydrogen) atoms. The third kappa shape index (κ3) is 2.04. The lowest BCUT2D eigenvalue weighted by Gasteiger charge is -2.10. The SMILES string of the molecule is CCC(C)c1ccccc1P. The topological polar surface area (TPSA) is 0 Å². The molecule has 1 aromatic carbocycles.